The number of rotatable bonds is 4. The first kappa shape index (κ1) is 14.0. The smallest absolute Gasteiger partial charge is 0.319 e. The highest BCUT2D eigenvalue weighted by Crippen LogP contribution is 2.10. The molecule has 0 aliphatic heterocycles. The predicted molar refractivity (Wildman–Crippen MR) is 76.6 cm³/mol. The number of halogens is 1. The van der Waals surface area contributed by atoms with Crippen LogP contribution in [0.4, 0.5) is 14.9 Å². The van der Waals surface area contributed by atoms with E-state index in [4.69, 9.17) is 5.73 Å². The van der Waals surface area contributed by atoms with Gasteiger partial charge in [-0.1, -0.05) is 24.3 Å². The van der Waals surface area contributed by atoms with Crippen molar-refractivity contribution in [2.24, 2.45) is 5.73 Å². The molecule has 0 saturated heterocycles. The molecule has 0 aromatic heterocycles. The van der Waals surface area contributed by atoms with E-state index in [1.165, 1.54) is 12.1 Å². The largest absolute Gasteiger partial charge is 0.334 e. The van der Waals surface area contributed by atoms with Gasteiger partial charge in [0.15, 0.2) is 0 Å². The number of urea groups is 1. The summed E-state index contributed by atoms with van der Waals surface area (Å²) in [7, 11) is 0. The molecule has 20 heavy (non-hydrogen) atoms. The maximum absolute atomic E-state index is 12.7. The van der Waals surface area contributed by atoms with Crippen molar-refractivity contribution in [2.45, 2.75) is 13.1 Å². The van der Waals surface area contributed by atoms with Crippen LogP contribution in [-0.2, 0) is 13.1 Å². The van der Waals surface area contributed by atoms with Gasteiger partial charge in [0.1, 0.15) is 5.82 Å². The van der Waals surface area contributed by atoms with Crippen molar-refractivity contribution in [2.75, 3.05) is 5.32 Å². The van der Waals surface area contributed by atoms with Crippen LogP contribution in [0.2, 0.25) is 0 Å². The lowest BCUT2D eigenvalue weighted by Gasteiger charge is -2.08. The van der Waals surface area contributed by atoms with E-state index in [2.05, 4.69) is 10.6 Å². The highest BCUT2D eigenvalue weighted by atomic mass is 19.1. The van der Waals surface area contributed by atoms with Crippen LogP contribution in [0.1, 0.15) is 11.1 Å². The molecule has 0 heterocycles. The monoisotopic (exact) mass is 273 g/mol. The number of carbonyl (C=O) groups is 1. The van der Waals surface area contributed by atoms with E-state index in [0.29, 0.717) is 18.8 Å². The van der Waals surface area contributed by atoms with Crippen LogP contribution in [-0.4, -0.2) is 6.03 Å². The van der Waals surface area contributed by atoms with Gasteiger partial charge in [0, 0.05) is 18.8 Å². The van der Waals surface area contributed by atoms with Crippen molar-refractivity contribution in [3.8, 4) is 0 Å². The van der Waals surface area contributed by atoms with Crippen LogP contribution in [0.5, 0.6) is 0 Å². The van der Waals surface area contributed by atoms with Gasteiger partial charge in [-0.3, -0.25) is 0 Å². The van der Waals surface area contributed by atoms with Crippen molar-refractivity contribution in [1.82, 2.24) is 5.32 Å². The Morgan fingerprint density at radius 3 is 2.55 bits per heavy atom. The first-order valence-corrected chi connectivity index (χ1v) is 6.25. The van der Waals surface area contributed by atoms with Gasteiger partial charge >= 0.3 is 6.03 Å². The summed E-state index contributed by atoms with van der Waals surface area (Å²) in [6.45, 7) is 0.759. The van der Waals surface area contributed by atoms with E-state index in [1.807, 2.05) is 18.2 Å². The highest BCUT2D eigenvalue weighted by molar-refractivity contribution is 5.89. The Morgan fingerprint density at radius 2 is 1.85 bits per heavy atom. The summed E-state index contributed by atoms with van der Waals surface area (Å²) in [4.78, 5) is 11.7. The van der Waals surface area contributed by atoms with Gasteiger partial charge < -0.3 is 16.4 Å². The van der Waals surface area contributed by atoms with Gasteiger partial charge in [-0.15, -0.1) is 0 Å². The van der Waals surface area contributed by atoms with E-state index in [1.54, 1.807) is 18.2 Å². The Hall–Kier alpha value is -2.40. The number of carbonyl (C=O) groups excluding carboxylic acids is 1. The van der Waals surface area contributed by atoms with E-state index in [0.717, 1.165) is 11.1 Å². The van der Waals surface area contributed by atoms with Crippen molar-refractivity contribution in [3.05, 3.63) is 65.5 Å². The Balaban J connectivity index is 1.87. The SMILES string of the molecule is NCc1cccc(NC(=O)NCc2ccc(F)cc2)c1. The van der Waals surface area contributed by atoms with Crippen molar-refractivity contribution >= 4 is 11.7 Å². The number of nitrogens with two attached hydrogens (primary N) is 1. The number of nitrogens with one attached hydrogen (secondary N) is 2. The highest BCUT2D eigenvalue weighted by Gasteiger charge is 2.02. The van der Waals surface area contributed by atoms with Crippen LogP contribution in [0.25, 0.3) is 0 Å². The van der Waals surface area contributed by atoms with Gasteiger partial charge in [-0.25, -0.2) is 9.18 Å². The molecular weight excluding hydrogens is 257 g/mol. The molecule has 0 unspecified atom stereocenters. The summed E-state index contributed by atoms with van der Waals surface area (Å²) in [6, 6.07) is 13.0. The quantitative estimate of drug-likeness (QED) is 0.801. The number of benzene rings is 2. The molecule has 2 rings (SSSR count). The van der Waals surface area contributed by atoms with Gasteiger partial charge in [-0.05, 0) is 35.4 Å². The zero-order valence-corrected chi connectivity index (χ0v) is 10.9. The number of hydrogen-bond donors (Lipinski definition) is 3. The minimum absolute atomic E-state index is 0.295. The molecule has 4 N–H and O–H groups in total. The molecule has 0 fully saturated rings. The van der Waals surface area contributed by atoms with Crippen molar-refractivity contribution < 1.29 is 9.18 Å². The van der Waals surface area contributed by atoms with E-state index >= 15 is 0 Å². The van der Waals surface area contributed by atoms with Gasteiger partial charge in [0.05, 0.1) is 0 Å². The summed E-state index contributed by atoms with van der Waals surface area (Å²) in [5.74, 6) is -0.295. The van der Waals surface area contributed by atoms with Crippen LogP contribution in [0, 0.1) is 5.82 Å². The van der Waals surface area contributed by atoms with Gasteiger partial charge in [-0.2, -0.15) is 0 Å². The number of anilines is 1. The van der Waals surface area contributed by atoms with Crippen molar-refractivity contribution in [3.63, 3.8) is 0 Å². The fourth-order valence-electron chi connectivity index (χ4n) is 1.74. The lowest BCUT2D eigenvalue weighted by atomic mass is 10.2. The molecule has 5 heteroatoms. The first-order valence-electron chi connectivity index (χ1n) is 6.25. The third-order valence-corrected chi connectivity index (χ3v) is 2.79. The molecule has 0 aliphatic carbocycles. The second-order valence-electron chi connectivity index (χ2n) is 4.34. The molecule has 0 atom stereocenters. The average Bonchev–Trinajstić information content (AvgIpc) is 2.47. The Kier molecular flexibility index (Phi) is 4.68. The minimum atomic E-state index is -0.316. The predicted octanol–water partition coefficient (Wildman–Crippen LogP) is 2.61. The number of amides is 2. The first-order chi connectivity index (χ1) is 9.67. The Labute approximate surface area is 116 Å². The topological polar surface area (TPSA) is 67.1 Å². The van der Waals surface area contributed by atoms with Crippen LogP contribution < -0.4 is 16.4 Å². The fourth-order valence-corrected chi connectivity index (χ4v) is 1.74. The second kappa shape index (κ2) is 6.68. The molecule has 2 amide bonds. The van der Waals surface area contributed by atoms with Crippen LogP contribution >= 0.6 is 0 Å². The molecule has 2 aromatic carbocycles. The lowest BCUT2D eigenvalue weighted by Crippen LogP contribution is -2.28. The molecule has 0 aliphatic rings. The number of hydrogen-bond acceptors (Lipinski definition) is 2. The summed E-state index contributed by atoms with van der Waals surface area (Å²) in [5, 5.41) is 5.42. The summed E-state index contributed by atoms with van der Waals surface area (Å²) in [6.07, 6.45) is 0. The van der Waals surface area contributed by atoms with Crippen molar-refractivity contribution in [1.29, 1.82) is 0 Å². The van der Waals surface area contributed by atoms with Gasteiger partial charge in [0.2, 0.25) is 0 Å². The molecule has 4 nitrogen and oxygen atoms in total. The van der Waals surface area contributed by atoms with E-state index < -0.39 is 0 Å². The van der Waals surface area contributed by atoms with Crippen LogP contribution in [0.15, 0.2) is 48.5 Å². The molecule has 104 valence electrons. The third-order valence-electron chi connectivity index (χ3n) is 2.79. The third kappa shape index (κ3) is 4.07. The molecule has 0 saturated carbocycles. The normalized spacial score (nSPS) is 10.1. The molecule has 0 radical (unpaired) electrons. The van der Waals surface area contributed by atoms with Gasteiger partial charge in [0.25, 0.3) is 0 Å². The molecule has 0 spiro atoms. The maximum atomic E-state index is 12.7. The summed E-state index contributed by atoms with van der Waals surface area (Å²) >= 11 is 0. The van der Waals surface area contributed by atoms with E-state index in [-0.39, 0.29) is 11.8 Å². The molecule has 2 aromatic rings. The fraction of sp³-hybridized carbons (Fsp3) is 0.133. The molecular formula is C15H16FN3O. The average molecular weight is 273 g/mol. The minimum Gasteiger partial charge on any atom is -0.334 e. The lowest BCUT2D eigenvalue weighted by molar-refractivity contribution is 0.251. The van der Waals surface area contributed by atoms with Crippen LogP contribution in [0.3, 0.4) is 0 Å². The second-order valence-corrected chi connectivity index (χ2v) is 4.34. The molecule has 0 bridgehead atoms. The standard InChI is InChI=1S/C15H16FN3O/c16-13-6-4-11(5-7-13)10-18-15(20)19-14-3-1-2-12(8-14)9-17/h1-8H,9-10,17H2,(H2,18,19,20). The maximum Gasteiger partial charge on any atom is 0.319 e. The summed E-state index contributed by atoms with van der Waals surface area (Å²) < 4.78 is 12.7. The van der Waals surface area contributed by atoms with E-state index in [9.17, 15) is 9.18 Å². The zero-order valence-electron chi connectivity index (χ0n) is 10.9. The Bertz CT molecular complexity index is 584. The Morgan fingerprint density at radius 1 is 1.10 bits per heavy atom. The summed E-state index contributed by atoms with van der Waals surface area (Å²) in [5.41, 5.74) is 8.00. The zero-order chi connectivity index (χ0) is 14.4.